The van der Waals surface area contributed by atoms with Crippen molar-refractivity contribution in [3.05, 3.63) is 69.4 Å². The average molecular weight is 503 g/mol. The maximum absolute atomic E-state index is 15.0. The summed E-state index contributed by atoms with van der Waals surface area (Å²) in [5, 5.41) is 4.58. The minimum Gasteiger partial charge on any atom is -0.349 e. The molecule has 1 aromatic heterocycles. The number of fused-ring (bicyclic) bond motifs is 1. The van der Waals surface area contributed by atoms with Crippen LogP contribution in [-0.2, 0) is 13.1 Å². The molecule has 0 unspecified atom stereocenters. The first kappa shape index (κ1) is 24.3. The zero-order valence-corrected chi connectivity index (χ0v) is 21.7. The van der Waals surface area contributed by atoms with E-state index in [1.165, 1.54) is 18.9 Å². The van der Waals surface area contributed by atoms with Gasteiger partial charge in [-0.25, -0.2) is 4.39 Å². The molecule has 2 aliphatic carbocycles. The summed E-state index contributed by atoms with van der Waals surface area (Å²) in [5.74, 6) is -0.0285. The van der Waals surface area contributed by atoms with Crippen LogP contribution in [0.3, 0.4) is 0 Å². The fourth-order valence-electron chi connectivity index (χ4n) is 5.33. The highest BCUT2D eigenvalue weighted by atomic mass is 19.1. The third-order valence-electron chi connectivity index (χ3n) is 8.14. The Morgan fingerprint density at radius 2 is 1.78 bits per heavy atom. The summed E-state index contributed by atoms with van der Waals surface area (Å²) in [4.78, 5) is 30.9. The number of pyridine rings is 1. The molecule has 6 rings (SSSR count). The van der Waals surface area contributed by atoms with E-state index >= 15 is 0 Å². The molecule has 7 heteroatoms. The van der Waals surface area contributed by atoms with Crippen molar-refractivity contribution in [3.63, 3.8) is 0 Å². The second-order valence-corrected chi connectivity index (χ2v) is 11.3. The highest BCUT2D eigenvalue weighted by Crippen LogP contribution is 2.33. The van der Waals surface area contributed by atoms with Crippen molar-refractivity contribution in [2.24, 2.45) is 5.92 Å². The Bertz CT molecular complexity index is 1420. The van der Waals surface area contributed by atoms with Gasteiger partial charge in [0, 0.05) is 62.5 Å². The van der Waals surface area contributed by atoms with Gasteiger partial charge in [0.05, 0.1) is 0 Å². The quantitative estimate of drug-likeness (QED) is 0.527. The first-order valence-corrected chi connectivity index (χ1v) is 13.5. The smallest absolute Gasteiger partial charge is 0.258 e. The fraction of sp³-hybridized carbons (Fsp3) is 0.467. The monoisotopic (exact) mass is 502 g/mol. The molecule has 2 heterocycles. The number of rotatable bonds is 7. The second-order valence-electron chi connectivity index (χ2n) is 11.3. The van der Waals surface area contributed by atoms with E-state index in [1.54, 1.807) is 13.0 Å². The largest absolute Gasteiger partial charge is 0.349 e. The Kier molecular flexibility index (Phi) is 6.37. The van der Waals surface area contributed by atoms with E-state index in [2.05, 4.69) is 28.4 Å². The molecule has 0 atom stereocenters. The maximum atomic E-state index is 15.0. The Hall–Kier alpha value is -3.03. The van der Waals surface area contributed by atoms with Gasteiger partial charge in [0.15, 0.2) is 0 Å². The van der Waals surface area contributed by atoms with Crippen LogP contribution in [0.1, 0.15) is 47.2 Å². The van der Waals surface area contributed by atoms with E-state index in [-0.39, 0.29) is 17.5 Å². The van der Waals surface area contributed by atoms with Crippen LogP contribution in [0.2, 0.25) is 0 Å². The number of benzene rings is 2. The molecule has 37 heavy (non-hydrogen) atoms. The molecule has 2 saturated carbocycles. The Morgan fingerprint density at radius 1 is 1.03 bits per heavy atom. The lowest BCUT2D eigenvalue weighted by atomic mass is 9.94. The van der Waals surface area contributed by atoms with Crippen LogP contribution in [0.5, 0.6) is 0 Å². The number of aromatic nitrogens is 1. The number of piperazine rings is 1. The molecule has 1 amide bonds. The standard InChI is InChI=1S/C30H35FN4O2/c1-19-26(14-22(15-28(19)31)29(36)32-24-6-7-24)21-5-8-25-27(13-21)23(17-34-11-9-33(2)10-12-34)18-35(30(25)37)16-20-3-4-20/h5,8,13-15,18,20,24H,3-4,6-7,9-12,16-17H2,1-2H3,(H,32,36). The van der Waals surface area contributed by atoms with Crippen LogP contribution >= 0.6 is 0 Å². The van der Waals surface area contributed by atoms with Crippen LogP contribution < -0.4 is 10.9 Å². The van der Waals surface area contributed by atoms with Crippen molar-refractivity contribution in [3.8, 4) is 11.1 Å². The van der Waals surface area contributed by atoms with E-state index in [0.29, 0.717) is 28.0 Å². The van der Waals surface area contributed by atoms with Gasteiger partial charge < -0.3 is 14.8 Å². The summed E-state index contributed by atoms with van der Waals surface area (Å²) >= 11 is 0. The number of carbonyl (C=O) groups is 1. The van der Waals surface area contributed by atoms with E-state index in [1.807, 2.05) is 22.8 Å². The van der Waals surface area contributed by atoms with Crippen molar-refractivity contribution in [2.45, 2.75) is 51.7 Å². The van der Waals surface area contributed by atoms with Gasteiger partial charge in [-0.2, -0.15) is 0 Å². The van der Waals surface area contributed by atoms with Crippen molar-refractivity contribution >= 4 is 16.7 Å². The van der Waals surface area contributed by atoms with Crippen molar-refractivity contribution in [1.82, 2.24) is 19.7 Å². The van der Waals surface area contributed by atoms with E-state index in [9.17, 15) is 14.0 Å². The highest BCUT2D eigenvalue weighted by molar-refractivity contribution is 5.97. The number of carbonyl (C=O) groups excluding carboxylic acids is 1. The number of halogens is 1. The number of hydrogen-bond donors (Lipinski definition) is 1. The lowest BCUT2D eigenvalue weighted by Gasteiger charge is -2.32. The molecule has 194 valence electrons. The highest BCUT2D eigenvalue weighted by Gasteiger charge is 2.26. The molecule has 3 aromatic rings. The summed E-state index contributed by atoms with van der Waals surface area (Å²) in [7, 11) is 2.15. The van der Waals surface area contributed by atoms with Crippen molar-refractivity contribution in [2.75, 3.05) is 33.2 Å². The molecule has 0 radical (unpaired) electrons. The normalized spacial score (nSPS) is 18.9. The molecule has 2 aromatic carbocycles. The minimum atomic E-state index is -0.393. The van der Waals surface area contributed by atoms with Crippen molar-refractivity contribution < 1.29 is 9.18 Å². The molecule has 0 spiro atoms. The van der Waals surface area contributed by atoms with Crippen LogP contribution in [0, 0.1) is 18.7 Å². The molecule has 1 aliphatic heterocycles. The second kappa shape index (κ2) is 9.69. The summed E-state index contributed by atoms with van der Waals surface area (Å²) in [5.41, 5.74) is 3.52. The minimum absolute atomic E-state index is 0.0380. The Balaban J connectivity index is 1.42. The van der Waals surface area contributed by atoms with E-state index < -0.39 is 5.82 Å². The summed E-state index contributed by atoms with van der Waals surface area (Å²) < 4.78 is 16.9. The molecule has 3 aliphatic rings. The Labute approximate surface area is 217 Å². The van der Waals surface area contributed by atoms with Gasteiger partial charge in [-0.1, -0.05) is 6.07 Å². The molecular weight excluding hydrogens is 467 g/mol. The summed E-state index contributed by atoms with van der Waals surface area (Å²) in [6.45, 7) is 7.32. The number of likely N-dealkylation sites (N-methyl/N-ethyl adjacent to an activating group) is 1. The number of amides is 1. The molecule has 3 fully saturated rings. The van der Waals surface area contributed by atoms with Gasteiger partial charge in [0.2, 0.25) is 0 Å². The van der Waals surface area contributed by atoms with Gasteiger partial charge in [-0.3, -0.25) is 14.5 Å². The number of nitrogens with one attached hydrogen (secondary N) is 1. The van der Waals surface area contributed by atoms with Crippen LogP contribution in [-0.4, -0.2) is 59.5 Å². The predicted octanol–water partition coefficient (Wildman–Crippen LogP) is 4.17. The number of nitrogens with zero attached hydrogens (tertiary/aromatic N) is 3. The lowest BCUT2D eigenvalue weighted by Crippen LogP contribution is -2.44. The van der Waals surface area contributed by atoms with Gasteiger partial charge in [-0.05, 0) is 97.5 Å². The summed E-state index contributed by atoms with van der Waals surface area (Å²) in [6.07, 6.45) is 6.38. The van der Waals surface area contributed by atoms with Crippen molar-refractivity contribution in [1.29, 1.82) is 0 Å². The van der Waals surface area contributed by atoms with E-state index in [4.69, 9.17) is 0 Å². The SMILES string of the molecule is Cc1c(F)cc(C(=O)NC2CC2)cc1-c1ccc2c(=O)n(CC3CC3)cc(CN3CCN(C)CC3)c2c1. The number of hydrogen-bond acceptors (Lipinski definition) is 4. The molecular formula is C30H35FN4O2. The maximum Gasteiger partial charge on any atom is 0.258 e. The van der Waals surface area contributed by atoms with E-state index in [0.717, 1.165) is 68.6 Å². The first-order chi connectivity index (χ1) is 17.9. The molecule has 1 saturated heterocycles. The first-order valence-electron chi connectivity index (χ1n) is 13.5. The zero-order chi connectivity index (χ0) is 25.7. The molecule has 6 nitrogen and oxygen atoms in total. The summed E-state index contributed by atoms with van der Waals surface area (Å²) in [6, 6.07) is 9.12. The fourth-order valence-corrected chi connectivity index (χ4v) is 5.33. The van der Waals surface area contributed by atoms with Crippen LogP contribution in [0.25, 0.3) is 21.9 Å². The third kappa shape index (κ3) is 5.20. The predicted molar refractivity (Wildman–Crippen MR) is 144 cm³/mol. The zero-order valence-electron chi connectivity index (χ0n) is 21.7. The third-order valence-corrected chi connectivity index (χ3v) is 8.14. The van der Waals surface area contributed by atoms with Gasteiger partial charge in [0.1, 0.15) is 5.82 Å². The van der Waals surface area contributed by atoms with Gasteiger partial charge >= 0.3 is 0 Å². The molecule has 0 bridgehead atoms. The molecule has 1 N–H and O–H groups in total. The van der Waals surface area contributed by atoms with Crippen LogP contribution in [0.4, 0.5) is 4.39 Å². The average Bonchev–Trinajstić information content (AvgIpc) is 3.82. The lowest BCUT2D eigenvalue weighted by molar-refractivity contribution is 0.0950. The van der Waals surface area contributed by atoms with Gasteiger partial charge in [0.25, 0.3) is 11.5 Å². The van der Waals surface area contributed by atoms with Gasteiger partial charge in [-0.15, -0.1) is 0 Å². The van der Waals surface area contributed by atoms with Crippen LogP contribution in [0.15, 0.2) is 41.3 Å². The Morgan fingerprint density at radius 3 is 2.49 bits per heavy atom. The topological polar surface area (TPSA) is 57.6 Å².